The van der Waals surface area contributed by atoms with Crippen molar-refractivity contribution >= 4 is 43.1 Å². The molecule has 234 valence electrons. The van der Waals surface area contributed by atoms with Crippen LogP contribution < -0.4 is 0 Å². The molecular formula is C48H42. The van der Waals surface area contributed by atoms with E-state index in [0.717, 1.165) is 0 Å². The van der Waals surface area contributed by atoms with E-state index in [4.69, 9.17) is 0 Å². The molecule has 0 aliphatic heterocycles. The van der Waals surface area contributed by atoms with Crippen LogP contribution >= 0.6 is 0 Å². The van der Waals surface area contributed by atoms with Crippen LogP contribution in [0.5, 0.6) is 0 Å². The van der Waals surface area contributed by atoms with Gasteiger partial charge < -0.3 is 0 Å². The van der Waals surface area contributed by atoms with E-state index in [1.165, 1.54) is 87.6 Å². The normalized spacial score (nSPS) is 12.4. The van der Waals surface area contributed by atoms with Gasteiger partial charge in [-0.1, -0.05) is 175 Å². The van der Waals surface area contributed by atoms with Gasteiger partial charge in [0, 0.05) is 0 Å². The maximum atomic E-state index is 2.47. The summed E-state index contributed by atoms with van der Waals surface area (Å²) in [6, 6.07) is 54.5. The van der Waals surface area contributed by atoms with Gasteiger partial charge in [0.2, 0.25) is 0 Å². The zero-order valence-corrected chi connectivity index (χ0v) is 28.9. The molecule has 0 heteroatoms. The number of fused-ring (bicyclic) bond motifs is 4. The Kier molecular flexibility index (Phi) is 7.04. The summed E-state index contributed by atoms with van der Waals surface area (Å²) in [7, 11) is 0. The van der Waals surface area contributed by atoms with E-state index in [2.05, 4.69) is 187 Å². The molecule has 48 heavy (non-hydrogen) atoms. The molecule has 0 bridgehead atoms. The van der Waals surface area contributed by atoms with Crippen LogP contribution in [0.25, 0.3) is 76.5 Å². The maximum Gasteiger partial charge on any atom is -0.00139 e. The average Bonchev–Trinajstić information content (AvgIpc) is 3.09. The van der Waals surface area contributed by atoms with Gasteiger partial charge >= 0.3 is 0 Å². The second-order valence-electron chi connectivity index (χ2n) is 15.3. The molecule has 0 spiro atoms. The number of benzene rings is 8. The van der Waals surface area contributed by atoms with Crippen molar-refractivity contribution in [1.82, 2.24) is 0 Å². The van der Waals surface area contributed by atoms with Crippen LogP contribution in [-0.4, -0.2) is 0 Å². The Balaban J connectivity index is 1.63. The highest BCUT2D eigenvalue weighted by Gasteiger charge is 2.25. The minimum absolute atomic E-state index is 0.0219. The molecule has 0 fully saturated rings. The Hall–Kier alpha value is -5.20. The van der Waals surface area contributed by atoms with E-state index < -0.39 is 0 Å². The van der Waals surface area contributed by atoms with Crippen LogP contribution in [0.15, 0.2) is 146 Å². The molecule has 0 atom stereocenters. The third-order valence-electron chi connectivity index (χ3n) is 10.2. The van der Waals surface area contributed by atoms with Gasteiger partial charge in [-0.2, -0.15) is 0 Å². The van der Waals surface area contributed by atoms with Crippen molar-refractivity contribution in [1.29, 1.82) is 0 Å². The standard InChI is InChI=1S/C48H42/c1-47(2,3)33-25-27-39-41(29-33)43(31-17-9-7-10-18-31)35-21-13-15-23-37(35)45(39)46-38-24-16-14-22-36(38)44(32-19-11-8-12-20-32)42-30-34(48(4,5)6)26-28-40(42)46/h7-30H,1-6H3. The summed E-state index contributed by atoms with van der Waals surface area (Å²) in [5, 5.41) is 10.3. The molecule has 0 aromatic heterocycles. The molecule has 8 aromatic rings. The molecular weight excluding hydrogens is 577 g/mol. The van der Waals surface area contributed by atoms with Crippen molar-refractivity contribution < 1.29 is 0 Å². The minimum atomic E-state index is 0.0219. The van der Waals surface area contributed by atoms with E-state index >= 15 is 0 Å². The zero-order chi connectivity index (χ0) is 33.2. The fourth-order valence-electron chi connectivity index (χ4n) is 7.66. The Labute approximate surface area is 284 Å². The van der Waals surface area contributed by atoms with Gasteiger partial charge in [0.05, 0.1) is 0 Å². The predicted octanol–water partition coefficient (Wildman–Crippen LogP) is 13.9. The Bertz CT molecular complexity index is 2310. The van der Waals surface area contributed by atoms with Gasteiger partial charge in [-0.25, -0.2) is 0 Å². The SMILES string of the molecule is CC(C)(C)c1ccc2c(-c3c4ccccc4c(-c4ccccc4)c4cc(C(C)(C)C)ccc34)c3ccccc3c(-c3ccccc3)c2c1. The van der Waals surface area contributed by atoms with Crippen LogP contribution in [0.2, 0.25) is 0 Å². The fourth-order valence-corrected chi connectivity index (χ4v) is 7.66. The van der Waals surface area contributed by atoms with Gasteiger partial charge in [-0.3, -0.25) is 0 Å². The lowest BCUT2D eigenvalue weighted by molar-refractivity contribution is 0.591. The van der Waals surface area contributed by atoms with Gasteiger partial charge in [0.15, 0.2) is 0 Å². The van der Waals surface area contributed by atoms with E-state index in [1.54, 1.807) is 0 Å². The molecule has 0 radical (unpaired) electrons. The molecule has 8 aromatic carbocycles. The summed E-state index contributed by atoms with van der Waals surface area (Å²) in [5.41, 5.74) is 10.5. The van der Waals surface area contributed by atoms with Crippen LogP contribution in [0.4, 0.5) is 0 Å². The number of rotatable bonds is 3. The van der Waals surface area contributed by atoms with Crippen molar-refractivity contribution in [2.24, 2.45) is 0 Å². The lowest BCUT2D eigenvalue weighted by Gasteiger charge is -2.25. The first-order valence-electron chi connectivity index (χ1n) is 17.2. The molecule has 0 amide bonds. The van der Waals surface area contributed by atoms with E-state index in [1.807, 2.05) is 0 Å². The van der Waals surface area contributed by atoms with Crippen molar-refractivity contribution in [3.05, 3.63) is 157 Å². The molecule has 0 saturated heterocycles. The summed E-state index contributed by atoms with van der Waals surface area (Å²) in [6.07, 6.45) is 0. The van der Waals surface area contributed by atoms with E-state index in [-0.39, 0.29) is 10.8 Å². The zero-order valence-electron chi connectivity index (χ0n) is 28.9. The van der Waals surface area contributed by atoms with Crippen LogP contribution in [-0.2, 0) is 10.8 Å². The third-order valence-corrected chi connectivity index (χ3v) is 10.2. The number of hydrogen-bond donors (Lipinski definition) is 0. The predicted molar refractivity (Wildman–Crippen MR) is 210 cm³/mol. The Morgan fingerprint density at radius 1 is 0.271 bits per heavy atom. The van der Waals surface area contributed by atoms with Crippen molar-refractivity contribution in [3.8, 4) is 33.4 Å². The van der Waals surface area contributed by atoms with Crippen LogP contribution in [0.3, 0.4) is 0 Å². The monoisotopic (exact) mass is 618 g/mol. The lowest BCUT2D eigenvalue weighted by Crippen LogP contribution is -2.11. The average molecular weight is 619 g/mol. The van der Waals surface area contributed by atoms with Gasteiger partial charge in [-0.15, -0.1) is 0 Å². The van der Waals surface area contributed by atoms with Crippen LogP contribution in [0.1, 0.15) is 52.7 Å². The molecule has 8 rings (SSSR count). The fraction of sp³-hybridized carbons (Fsp3) is 0.167. The van der Waals surface area contributed by atoms with Crippen LogP contribution in [0, 0.1) is 0 Å². The Morgan fingerprint density at radius 2 is 0.562 bits per heavy atom. The Morgan fingerprint density at radius 3 is 0.896 bits per heavy atom. The van der Waals surface area contributed by atoms with Crippen molar-refractivity contribution in [2.75, 3.05) is 0 Å². The van der Waals surface area contributed by atoms with Gasteiger partial charge in [0.25, 0.3) is 0 Å². The molecule has 0 aliphatic carbocycles. The first kappa shape index (κ1) is 30.2. The summed E-state index contributed by atoms with van der Waals surface area (Å²) in [4.78, 5) is 0. The maximum absolute atomic E-state index is 2.47. The van der Waals surface area contributed by atoms with Gasteiger partial charge in [-0.05, 0) is 111 Å². The molecule has 0 N–H and O–H groups in total. The second-order valence-corrected chi connectivity index (χ2v) is 15.3. The smallest absolute Gasteiger partial charge is 0.00139 e. The first-order valence-corrected chi connectivity index (χ1v) is 17.2. The van der Waals surface area contributed by atoms with E-state index in [9.17, 15) is 0 Å². The first-order chi connectivity index (χ1) is 23.1. The summed E-state index contributed by atoms with van der Waals surface area (Å²) in [6.45, 7) is 13.9. The lowest BCUT2D eigenvalue weighted by atomic mass is 9.78. The summed E-state index contributed by atoms with van der Waals surface area (Å²) >= 11 is 0. The van der Waals surface area contributed by atoms with Gasteiger partial charge in [0.1, 0.15) is 0 Å². The van der Waals surface area contributed by atoms with E-state index in [0.29, 0.717) is 0 Å². The summed E-state index contributed by atoms with van der Waals surface area (Å²) in [5.74, 6) is 0. The summed E-state index contributed by atoms with van der Waals surface area (Å²) < 4.78 is 0. The largest absolute Gasteiger partial charge is 0.0622 e. The highest BCUT2D eigenvalue weighted by atomic mass is 14.3. The second kappa shape index (κ2) is 11.2. The number of hydrogen-bond acceptors (Lipinski definition) is 0. The quantitative estimate of drug-likeness (QED) is 0.173. The third kappa shape index (κ3) is 4.90. The molecule has 0 unspecified atom stereocenters. The highest BCUT2D eigenvalue weighted by molar-refractivity contribution is 6.30. The molecule has 0 nitrogen and oxygen atoms in total. The van der Waals surface area contributed by atoms with Crippen molar-refractivity contribution in [2.45, 2.75) is 52.4 Å². The molecule has 0 heterocycles. The van der Waals surface area contributed by atoms with Crippen molar-refractivity contribution in [3.63, 3.8) is 0 Å². The minimum Gasteiger partial charge on any atom is -0.0622 e. The topological polar surface area (TPSA) is 0 Å². The highest BCUT2D eigenvalue weighted by Crippen LogP contribution is 2.51. The molecule has 0 saturated carbocycles. The molecule has 0 aliphatic rings.